The number of esters is 1. The van der Waals surface area contributed by atoms with Gasteiger partial charge in [0.25, 0.3) is 5.91 Å². The number of carbonyl (C=O) groups excluding carboxylic acids is 2. The molecule has 1 unspecified atom stereocenters. The van der Waals surface area contributed by atoms with E-state index in [2.05, 4.69) is 5.32 Å². The van der Waals surface area contributed by atoms with Gasteiger partial charge in [0.2, 0.25) is 6.10 Å². The van der Waals surface area contributed by atoms with E-state index in [1.807, 2.05) is 43.3 Å². The van der Waals surface area contributed by atoms with Crippen molar-refractivity contribution in [3.05, 3.63) is 93.8 Å². The molecule has 0 spiro atoms. The molecule has 162 valence electrons. The number of fused-ring (bicyclic) bond motifs is 1. The average molecular weight is 466 g/mol. The van der Waals surface area contributed by atoms with Crippen LogP contribution in [0.5, 0.6) is 5.75 Å². The second kappa shape index (κ2) is 9.42. The number of hydrogen-bond acceptors (Lipinski definition) is 5. The maximum Gasteiger partial charge on any atom is 0.351 e. The Morgan fingerprint density at radius 2 is 1.72 bits per heavy atom. The molecule has 32 heavy (non-hydrogen) atoms. The van der Waals surface area contributed by atoms with Gasteiger partial charge in [0.1, 0.15) is 10.6 Å². The molecule has 1 N–H and O–H groups in total. The lowest BCUT2D eigenvalue weighted by molar-refractivity contribution is -0.125. The molecule has 1 aromatic heterocycles. The van der Waals surface area contributed by atoms with Crippen LogP contribution in [0.2, 0.25) is 5.02 Å². The monoisotopic (exact) mass is 465 g/mol. The van der Waals surface area contributed by atoms with Crippen LogP contribution in [0.1, 0.15) is 26.9 Å². The van der Waals surface area contributed by atoms with E-state index < -0.39 is 18.0 Å². The molecule has 0 aliphatic rings. The molecule has 0 fully saturated rings. The number of benzene rings is 3. The second-order valence-corrected chi connectivity index (χ2v) is 8.56. The first-order chi connectivity index (χ1) is 15.5. The molecule has 0 aliphatic carbocycles. The predicted octanol–water partition coefficient (Wildman–Crippen LogP) is 6.41. The SMILES string of the molecule is COc1ccc(C)cc1NC(=O)C(OC(=O)c1sc2ccccc2c1Cl)c1ccccc1. The molecule has 0 bridgehead atoms. The highest BCUT2D eigenvalue weighted by atomic mass is 35.5. The smallest absolute Gasteiger partial charge is 0.351 e. The van der Waals surface area contributed by atoms with Gasteiger partial charge in [0, 0.05) is 15.6 Å². The predicted molar refractivity (Wildman–Crippen MR) is 128 cm³/mol. The van der Waals surface area contributed by atoms with Gasteiger partial charge in [-0.3, -0.25) is 4.79 Å². The number of anilines is 1. The average Bonchev–Trinajstić information content (AvgIpc) is 3.15. The number of hydrogen-bond donors (Lipinski definition) is 1. The number of nitrogens with one attached hydrogen (secondary N) is 1. The Bertz CT molecular complexity index is 1290. The van der Waals surface area contributed by atoms with E-state index in [1.54, 1.807) is 36.4 Å². The zero-order chi connectivity index (χ0) is 22.7. The molecule has 5 nitrogen and oxygen atoms in total. The van der Waals surface area contributed by atoms with Crippen molar-refractivity contribution in [2.45, 2.75) is 13.0 Å². The minimum atomic E-state index is -1.17. The number of carbonyl (C=O) groups is 2. The molecule has 1 atom stereocenters. The number of thiophene rings is 1. The van der Waals surface area contributed by atoms with Crippen LogP contribution in [-0.2, 0) is 9.53 Å². The van der Waals surface area contributed by atoms with E-state index >= 15 is 0 Å². The van der Waals surface area contributed by atoms with Gasteiger partial charge in [-0.1, -0.05) is 66.2 Å². The maximum atomic E-state index is 13.2. The second-order valence-electron chi connectivity index (χ2n) is 7.13. The summed E-state index contributed by atoms with van der Waals surface area (Å²) in [5.74, 6) is -0.642. The number of amides is 1. The van der Waals surface area contributed by atoms with Gasteiger partial charge in [-0.05, 0) is 30.7 Å². The van der Waals surface area contributed by atoms with Crippen molar-refractivity contribution < 1.29 is 19.1 Å². The van der Waals surface area contributed by atoms with Crippen LogP contribution < -0.4 is 10.1 Å². The molecule has 7 heteroatoms. The summed E-state index contributed by atoms with van der Waals surface area (Å²) in [6.07, 6.45) is -1.17. The molecule has 0 radical (unpaired) electrons. The van der Waals surface area contributed by atoms with Crippen molar-refractivity contribution in [2.24, 2.45) is 0 Å². The maximum absolute atomic E-state index is 13.2. The highest BCUT2D eigenvalue weighted by Gasteiger charge is 2.28. The topological polar surface area (TPSA) is 64.6 Å². The lowest BCUT2D eigenvalue weighted by Gasteiger charge is -2.19. The largest absolute Gasteiger partial charge is 0.495 e. The van der Waals surface area contributed by atoms with Crippen LogP contribution in [0.4, 0.5) is 5.69 Å². The number of halogens is 1. The van der Waals surface area contributed by atoms with Crippen LogP contribution in [0.25, 0.3) is 10.1 Å². The van der Waals surface area contributed by atoms with Gasteiger partial charge in [0.15, 0.2) is 0 Å². The molecule has 1 amide bonds. The zero-order valence-corrected chi connectivity index (χ0v) is 19.0. The highest BCUT2D eigenvalue weighted by Crippen LogP contribution is 2.36. The molecule has 0 saturated carbocycles. The van der Waals surface area contributed by atoms with E-state index in [-0.39, 0.29) is 4.88 Å². The van der Waals surface area contributed by atoms with Gasteiger partial charge in [-0.2, -0.15) is 0 Å². The van der Waals surface area contributed by atoms with Crippen LogP contribution in [0.3, 0.4) is 0 Å². The number of methoxy groups -OCH3 is 1. The van der Waals surface area contributed by atoms with Crippen LogP contribution >= 0.6 is 22.9 Å². The van der Waals surface area contributed by atoms with Gasteiger partial charge in [-0.15, -0.1) is 11.3 Å². The number of ether oxygens (including phenoxy) is 2. The van der Waals surface area contributed by atoms with Crippen molar-refractivity contribution >= 4 is 50.6 Å². The standard InChI is InChI=1S/C25H20ClNO4S/c1-15-12-13-19(30-2)18(14-15)27-24(28)22(16-8-4-3-5-9-16)31-25(29)23-21(26)17-10-6-7-11-20(17)32-23/h3-14,22H,1-2H3,(H,27,28). The Labute approximate surface area is 194 Å². The quantitative estimate of drug-likeness (QED) is 0.334. The normalized spacial score (nSPS) is 11.7. The van der Waals surface area contributed by atoms with E-state index in [4.69, 9.17) is 21.1 Å². The Kier molecular flexibility index (Phi) is 6.44. The van der Waals surface area contributed by atoms with E-state index in [0.717, 1.165) is 15.6 Å². The Morgan fingerprint density at radius 3 is 2.44 bits per heavy atom. The molecule has 4 aromatic rings. The summed E-state index contributed by atoms with van der Waals surface area (Å²) >= 11 is 7.68. The Hall–Kier alpha value is -3.35. The van der Waals surface area contributed by atoms with Crippen LogP contribution in [-0.4, -0.2) is 19.0 Å². The van der Waals surface area contributed by atoms with Gasteiger partial charge in [0.05, 0.1) is 17.8 Å². The van der Waals surface area contributed by atoms with Gasteiger partial charge in [-0.25, -0.2) is 4.79 Å². The lowest BCUT2D eigenvalue weighted by atomic mass is 10.1. The molecule has 3 aromatic carbocycles. The number of aryl methyl sites for hydroxylation is 1. The van der Waals surface area contributed by atoms with Crippen LogP contribution in [0, 0.1) is 6.92 Å². The summed E-state index contributed by atoms with van der Waals surface area (Å²) in [6, 6.07) is 21.8. The summed E-state index contributed by atoms with van der Waals surface area (Å²) < 4.78 is 11.9. The Morgan fingerprint density at radius 1 is 1.00 bits per heavy atom. The third kappa shape index (κ3) is 4.47. The third-order valence-electron chi connectivity index (χ3n) is 4.90. The molecule has 0 aliphatic heterocycles. The molecular weight excluding hydrogens is 446 g/mol. The fraction of sp³-hybridized carbons (Fsp3) is 0.120. The van der Waals surface area contributed by atoms with Crippen molar-refractivity contribution in [1.29, 1.82) is 0 Å². The van der Waals surface area contributed by atoms with Crippen molar-refractivity contribution in [3.8, 4) is 5.75 Å². The fourth-order valence-corrected chi connectivity index (χ4v) is 4.72. The summed E-state index contributed by atoms with van der Waals surface area (Å²) in [5, 5.41) is 3.92. The fourth-order valence-electron chi connectivity index (χ4n) is 3.32. The minimum Gasteiger partial charge on any atom is -0.495 e. The first-order valence-corrected chi connectivity index (χ1v) is 11.1. The lowest BCUT2D eigenvalue weighted by Crippen LogP contribution is -2.26. The summed E-state index contributed by atoms with van der Waals surface area (Å²) in [6.45, 7) is 1.91. The van der Waals surface area contributed by atoms with Gasteiger partial charge < -0.3 is 14.8 Å². The summed E-state index contributed by atoms with van der Waals surface area (Å²) in [4.78, 5) is 26.6. The summed E-state index contributed by atoms with van der Waals surface area (Å²) in [5.41, 5.74) is 1.99. The first-order valence-electron chi connectivity index (χ1n) is 9.86. The van der Waals surface area contributed by atoms with E-state index in [0.29, 0.717) is 22.0 Å². The zero-order valence-electron chi connectivity index (χ0n) is 17.4. The summed E-state index contributed by atoms with van der Waals surface area (Å²) in [7, 11) is 1.53. The van der Waals surface area contributed by atoms with Gasteiger partial charge >= 0.3 is 5.97 Å². The molecule has 1 heterocycles. The third-order valence-corrected chi connectivity index (χ3v) is 6.55. The number of rotatable bonds is 6. The Balaban J connectivity index is 1.65. The molecule has 4 rings (SSSR count). The highest BCUT2D eigenvalue weighted by molar-refractivity contribution is 7.21. The van der Waals surface area contributed by atoms with Crippen molar-refractivity contribution in [2.75, 3.05) is 12.4 Å². The van der Waals surface area contributed by atoms with E-state index in [9.17, 15) is 9.59 Å². The van der Waals surface area contributed by atoms with Crippen molar-refractivity contribution in [3.63, 3.8) is 0 Å². The van der Waals surface area contributed by atoms with Crippen LogP contribution in [0.15, 0.2) is 72.8 Å². The minimum absolute atomic E-state index is 0.259. The van der Waals surface area contributed by atoms with E-state index in [1.165, 1.54) is 18.4 Å². The van der Waals surface area contributed by atoms with Crippen molar-refractivity contribution in [1.82, 2.24) is 0 Å². The molecular formula is C25H20ClNO4S. The first kappa shape index (κ1) is 21.9. The molecule has 0 saturated heterocycles.